The number of nitrogens with one attached hydrogen (secondary N) is 2. The lowest BCUT2D eigenvalue weighted by Crippen LogP contribution is -2.30. The Morgan fingerprint density at radius 2 is 1.52 bits per heavy atom. The summed E-state index contributed by atoms with van der Waals surface area (Å²) in [7, 11) is -2.22. The monoisotopic (exact) mass is 440 g/mol. The molecule has 0 aliphatic carbocycles. The molecule has 0 radical (unpaired) electrons. The SMILES string of the molecule is COc1ccccc1O[C@@H](C)C(=O)Nc1ccc(S(=O)(=O)Nc2ccccc2C)cc1. The minimum atomic E-state index is -3.75. The second kappa shape index (κ2) is 9.53. The summed E-state index contributed by atoms with van der Waals surface area (Å²) in [6, 6.07) is 20.1. The quantitative estimate of drug-likeness (QED) is 0.547. The molecule has 2 N–H and O–H groups in total. The normalized spacial score (nSPS) is 12.0. The van der Waals surface area contributed by atoms with E-state index >= 15 is 0 Å². The number of sulfonamides is 1. The molecule has 3 rings (SSSR count). The number of ether oxygens (including phenoxy) is 2. The van der Waals surface area contributed by atoms with Gasteiger partial charge in [0.05, 0.1) is 17.7 Å². The van der Waals surface area contributed by atoms with Crippen molar-refractivity contribution in [3.05, 3.63) is 78.4 Å². The fraction of sp³-hybridized carbons (Fsp3) is 0.174. The van der Waals surface area contributed by atoms with Crippen molar-refractivity contribution >= 4 is 27.3 Å². The first-order valence-corrected chi connectivity index (χ1v) is 11.1. The van der Waals surface area contributed by atoms with Gasteiger partial charge in [-0.25, -0.2) is 8.42 Å². The van der Waals surface area contributed by atoms with Gasteiger partial charge >= 0.3 is 0 Å². The first kappa shape index (κ1) is 22.2. The van der Waals surface area contributed by atoms with E-state index in [0.717, 1.165) is 5.56 Å². The zero-order valence-electron chi connectivity index (χ0n) is 17.5. The molecule has 3 aromatic carbocycles. The number of carbonyl (C=O) groups is 1. The molecule has 1 amide bonds. The van der Waals surface area contributed by atoms with Gasteiger partial charge in [0.25, 0.3) is 15.9 Å². The van der Waals surface area contributed by atoms with Crippen molar-refractivity contribution in [2.45, 2.75) is 24.8 Å². The standard InChI is InChI=1S/C23H24N2O5S/c1-16-8-4-5-9-20(16)25-31(27,28)19-14-12-18(13-15-19)24-23(26)17(2)30-22-11-7-6-10-21(22)29-3/h4-15,17,25H,1-3H3,(H,24,26)/t17-/m0/s1. The van der Waals surface area contributed by atoms with Crippen LogP contribution in [0, 0.1) is 6.92 Å². The van der Waals surface area contributed by atoms with Crippen LogP contribution in [0.1, 0.15) is 12.5 Å². The van der Waals surface area contributed by atoms with Crippen LogP contribution in [-0.4, -0.2) is 27.5 Å². The van der Waals surface area contributed by atoms with E-state index in [2.05, 4.69) is 10.0 Å². The highest BCUT2D eigenvalue weighted by atomic mass is 32.2. The molecule has 0 spiro atoms. The Bertz CT molecular complexity index is 1160. The van der Waals surface area contributed by atoms with Crippen LogP contribution in [0.15, 0.2) is 77.7 Å². The summed E-state index contributed by atoms with van der Waals surface area (Å²) in [5, 5.41) is 2.72. The van der Waals surface area contributed by atoms with Crippen molar-refractivity contribution in [1.82, 2.24) is 0 Å². The van der Waals surface area contributed by atoms with Crippen LogP contribution in [0.5, 0.6) is 11.5 Å². The molecule has 0 saturated heterocycles. The summed E-state index contributed by atoms with van der Waals surface area (Å²) in [5.41, 5.74) is 1.79. The number of rotatable bonds is 8. The number of hydrogen-bond donors (Lipinski definition) is 2. The second-order valence-electron chi connectivity index (χ2n) is 6.84. The topological polar surface area (TPSA) is 93.7 Å². The van der Waals surface area contributed by atoms with Gasteiger partial charge in [-0.3, -0.25) is 9.52 Å². The number of amides is 1. The Morgan fingerprint density at radius 1 is 0.903 bits per heavy atom. The van der Waals surface area contributed by atoms with Crippen LogP contribution < -0.4 is 19.5 Å². The van der Waals surface area contributed by atoms with Crippen molar-refractivity contribution in [1.29, 1.82) is 0 Å². The van der Waals surface area contributed by atoms with Gasteiger partial charge in [0.2, 0.25) is 0 Å². The molecule has 0 aliphatic heterocycles. The van der Waals surface area contributed by atoms with Crippen LogP contribution in [0.25, 0.3) is 0 Å². The maximum absolute atomic E-state index is 12.6. The number of methoxy groups -OCH3 is 1. The first-order chi connectivity index (χ1) is 14.8. The van der Waals surface area contributed by atoms with Crippen LogP contribution in [-0.2, 0) is 14.8 Å². The van der Waals surface area contributed by atoms with Gasteiger partial charge in [-0.05, 0) is 61.9 Å². The smallest absolute Gasteiger partial charge is 0.265 e. The van der Waals surface area contributed by atoms with E-state index in [1.165, 1.54) is 31.4 Å². The molecular formula is C23H24N2O5S. The molecule has 1 atom stereocenters. The van der Waals surface area contributed by atoms with Gasteiger partial charge < -0.3 is 14.8 Å². The molecule has 0 aromatic heterocycles. The number of para-hydroxylation sites is 3. The maximum atomic E-state index is 12.6. The Balaban J connectivity index is 1.65. The Kier molecular flexibility index (Phi) is 6.81. The molecule has 7 nitrogen and oxygen atoms in total. The molecule has 0 heterocycles. The van der Waals surface area contributed by atoms with Gasteiger partial charge in [0, 0.05) is 5.69 Å². The van der Waals surface area contributed by atoms with E-state index in [1.807, 2.05) is 19.1 Å². The lowest BCUT2D eigenvalue weighted by molar-refractivity contribution is -0.122. The summed E-state index contributed by atoms with van der Waals surface area (Å²) in [6.07, 6.45) is -0.789. The zero-order valence-corrected chi connectivity index (χ0v) is 18.3. The molecule has 0 aliphatic rings. The predicted molar refractivity (Wildman–Crippen MR) is 120 cm³/mol. The van der Waals surface area contributed by atoms with E-state index < -0.39 is 16.1 Å². The lowest BCUT2D eigenvalue weighted by Gasteiger charge is -2.17. The van der Waals surface area contributed by atoms with E-state index in [4.69, 9.17) is 9.47 Å². The Morgan fingerprint density at radius 3 is 2.16 bits per heavy atom. The van der Waals surface area contributed by atoms with Gasteiger partial charge in [-0.1, -0.05) is 30.3 Å². The molecule has 3 aromatic rings. The van der Waals surface area contributed by atoms with E-state index in [0.29, 0.717) is 22.9 Å². The van der Waals surface area contributed by atoms with Crippen LogP contribution in [0.3, 0.4) is 0 Å². The minimum absolute atomic E-state index is 0.0899. The van der Waals surface area contributed by atoms with E-state index in [9.17, 15) is 13.2 Å². The average Bonchev–Trinajstić information content (AvgIpc) is 2.76. The molecule has 8 heteroatoms. The highest BCUT2D eigenvalue weighted by Gasteiger charge is 2.18. The van der Waals surface area contributed by atoms with Crippen molar-refractivity contribution in [2.75, 3.05) is 17.1 Å². The largest absolute Gasteiger partial charge is 0.493 e. The summed E-state index contributed by atoms with van der Waals surface area (Å²) < 4.78 is 38.7. The fourth-order valence-corrected chi connectivity index (χ4v) is 3.94. The molecule has 0 unspecified atom stereocenters. The van der Waals surface area contributed by atoms with Crippen LogP contribution in [0.2, 0.25) is 0 Å². The van der Waals surface area contributed by atoms with Crippen molar-refractivity contribution in [2.24, 2.45) is 0 Å². The lowest BCUT2D eigenvalue weighted by atomic mass is 10.2. The Hall–Kier alpha value is -3.52. The maximum Gasteiger partial charge on any atom is 0.265 e. The van der Waals surface area contributed by atoms with Gasteiger partial charge in [0.1, 0.15) is 0 Å². The summed E-state index contributed by atoms with van der Waals surface area (Å²) >= 11 is 0. The third-order valence-corrected chi connectivity index (χ3v) is 5.94. The highest BCUT2D eigenvalue weighted by molar-refractivity contribution is 7.92. The number of aryl methyl sites for hydroxylation is 1. The molecule has 162 valence electrons. The third kappa shape index (κ3) is 5.55. The average molecular weight is 441 g/mol. The first-order valence-electron chi connectivity index (χ1n) is 9.59. The number of benzene rings is 3. The minimum Gasteiger partial charge on any atom is -0.493 e. The third-order valence-electron chi connectivity index (χ3n) is 4.56. The van der Waals surface area contributed by atoms with Gasteiger partial charge in [-0.15, -0.1) is 0 Å². The van der Waals surface area contributed by atoms with Gasteiger partial charge in [0.15, 0.2) is 17.6 Å². The predicted octanol–water partition coefficient (Wildman–Crippen LogP) is 4.21. The van der Waals surface area contributed by atoms with Gasteiger partial charge in [-0.2, -0.15) is 0 Å². The molecule has 0 fully saturated rings. The summed E-state index contributed by atoms with van der Waals surface area (Å²) in [6.45, 7) is 3.44. The fourth-order valence-electron chi connectivity index (χ4n) is 2.81. The second-order valence-corrected chi connectivity index (χ2v) is 8.53. The number of anilines is 2. The molecule has 0 bridgehead atoms. The van der Waals surface area contributed by atoms with E-state index in [-0.39, 0.29) is 10.8 Å². The van der Waals surface area contributed by atoms with Crippen LogP contribution >= 0.6 is 0 Å². The summed E-state index contributed by atoms with van der Waals surface area (Å²) in [4.78, 5) is 12.6. The molecular weight excluding hydrogens is 416 g/mol. The van der Waals surface area contributed by atoms with E-state index in [1.54, 1.807) is 43.3 Å². The van der Waals surface area contributed by atoms with Crippen molar-refractivity contribution < 1.29 is 22.7 Å². The van der Waals surface area contributed by atoms with Crippen molar-refractivity contribution in [3.8, 4) is 11.5 Å². The van der Waals surface area contributed by atoms with Crippen molar-refractivity contribution in [3.63, 3.8) is 0 Å². The molecule has 0 saturated carbocycles. The summed E-state index contributed by atoms with van der Waals surface area (Å²) in [5.74, 6) is 0.605. The van der Waals surface area contributed by atoms with Crippen LogP contribution in [0.4, 0.5) is 11.4 Å². The number of hydrogen-bond acceptors (Lipinski definition) is 5. The zero-order chi connectivity index (χ0) is 22.4. The molecule has 31 heavy (non-hydrogen) atoms. The Labute approximate surface area is 182 Å². The number of carbonyl (C=O) groups excluding carboxylic acids is 1. The highest BCUT2D eigenvalue weighted by Crippen LogP contribution is 2.27.